The van der Waals surface area contributed by atoms with E-state index in [4.69, 9.17) is 9.47 Å². The van der Waals surface area contributed by atoms with Gasteiger partial charge in [0.1, 0.15) is 0 Å². The maximum Gasteiger partial charge on any atom is 0.193 e. The lowest BCUT2D eigenvalue weighted by Gasteiger charge is -2.32. The summed E-state index contributed by atoms with van der Waals surface area (Å²) in [6.45, 7) is 2.50. The van der Waals surface area contributed by atoms with Crippen molar-refractivity contribution in [2.45, 2.75) is 19.4 Å². The fourth-order valence-electron chi connectivity index (χ4n) is 3.93. The van der Waals surface area contributed by atoms with Crippen molar-refractivity contribution in [3.05, 3.63) is 71.5 Å². The first-order chi connectivity index (χ1) is 15.2. The monoisotopic (exact) mass is 547 g/mol. The summed E-state index contributed by atoms with van der Waals surface area (Å²) >= 11 is 0. The second-order valence-corrected chi connectivity index (χ2v) is 7.50. The summed E-state index contributed by atoms with van der Waals surface area (Å²) in [7, 11) is 5.18. The van der Waals surface area contributed by atoms with Gasteiger partial charge in [-0.1, -0.05) is 18.2 Å². The first-order valence-electron chi connectivity index (χ1n) is 10.5. The number of para-hydroxylation sites is 1. The number of hydrogen-bond donors (Lipinski definition) is 1. The Kier molecular flexibility index (Phi) is 8.38. The second kappa shape index (κ2) is 11.2. The average molecular weight is 547 g/mol. The van der Waals surface area contributed by atoms with Gasteiger partial charge in [0.25, 0.3) is 0 Å². The molecule has 1 aliphatic rings. The molecule has 1 aromatic heterocycles. The molecule has 0 fully saturated rings. The smallest absolute Gasteiger partial charge is 0.193 e. The molecule has 32 heavy (non-hydrogen) atoms. The van der Waals surface area contributed by atoms with E-state index in [1.807, 2.05) is 36.1 Å². The van der Waals surface area contributed by atoms with Crippen LogP contribution in [0.2, 0.25) is 0 Å². The number of hydrogen-bond acceptors (Lipinski definition) is 4. The Morgan fingerprint density at radius 3 is 2.50 bits per heavy atom. The van der Waals surface area contributed by atoms with Crippen LogP contribution in [-0.2, 0) is 19.4 Å². The Morgan fingerprint density at radius 2 is 1.81 bits per heavy atom. The molecule has 0 spiro atoms. The number of ether oxygens (including phenoxy) is 2. The zero-order valence-corrected chi connectivity index (χ0v) is 21.1. The van der Waals surface area contributed by atoms with Gasteiger partial charge in [0.15, 0.2) is 17.5 Å². The first-order valence-corrected chi connectivity index (χ1v) is 10.5. The highest BCUT2D eigenvalue weighted by Crippen LogP contribution is 2.33. The number of aromatic nitrogens is 2. The summed E-state index contributed by atoms with van der Waals surface area (Å²) in [5, 5.41) is 7.98. The van der Waals surface area contributed by atoms with Gasteiger partial charge in [0, 0.05) is 32.9 Å². The normalized spacial score (nSPS) is 13.2. The van der Waals surface area contributed by atoms with Gasteiger partial charge in [-0.3, -0.25) is 4.99 Å². The lowest BCUT2D eigenvalue weighted by atomic mass is 9.99. The fourth-order valence-corrected chi connectivity index (χ4v) is 3.93. The maximum atomic E-state index is 5.47. The Hall–Kier alpha value is -2.75. The Labute approximate surface area is 206 Å². The molecule has 0 amide bonds. The number of fused-ring (bicyclic) bond motifs is 1. The Morgan fingerprint density at radius 1 is 1.09 bits per heavy atom. The number of guanidine groups is 1. The molecule has 0 radical (unpaired) electrons. The quantitative estimate of drug-likeness (QED) is 0.290. The van der Waals surface area contributed by atoms with Crippen molar-refractivity contribution >= 4 is 29.9 Å². The van der Waals surface area contributed by atoms with Crippen LogP contribution in [0.3, 0.4) is 0 Å². The number of rotatable bonds is 6. The molecule has 0 saturated carbocycles. The van der Waals surface area contributed by atoms with Crippen LogP contribution in [0.1, 0.15) is 16.7 Å². The van der Waals surface area contributed by atoms with Gasteiger partial charge in [0.05, 0.1) is 26.1 Å². The van der Waals surface area contributed by atoms with Crippen LogP contribution >= 0.6 is 24.0 Å². The van der Waals surface area contributed by atoms with E-state index >= 15 is 0 Å². The minimum absolute atomic E-state index is 0. The highest BCUT2D eigenvalue weighted by atomic mass is 127. The van der Waals surface area contributed by atoms with Crippen LogP contribution in [-0.4, -0.2) is 55.0 Å². The highest BCUT2D eigenvalue weighted by molar-refractivity contribution is 14.0. The zero-order valence-electron chi connectivity index (χ0n) is 18.7. The highest BCUT2D eigenvalue weighted by Gasteiger charge is 2.21. The van der Waals surface area contributed by atoms with E-state index in [2.05, 4.69) is 50.8 Å². The van der Waals surface area contributed by atoms with Crippen LogP contribution < -0.4 is 14.8 Å². The van der Waals surface area contributed by atoms with Crippen LogP contribution in [0.25, 0.3) is 5.69 Å². The molecule has 2 heterocycles. The molecule has 4 rings (SSSR count). The van der Waals surface area contributed by atoms with Gasteiger partial charge in [-0.2, -0.15) is 5.10 Å². The summed E-state index contributed by atoms with van der Waals surface area (Å²) < 4.78 is 12.8. The van der Waals surface area contributed by atoms with Gasteiger partial charge < -0.3 is 19.7 Å². The van der Waals surface area contributed by atoms with Crippen LogP contribution in [0.4, 0.5) is 0 Å². The number of aliphatic imine (C=N–C) groups is 1. The maximum absolute atomic E-state index is 5.47. The molecule has 1 N–H and O–H groups in total. The predicted molar refractivity (Wildman–Crippen MR) is 138 cm³/mol. The van der Waals surface area contributed by atoms with Crippen LogP contribution in [0, 0.1) is 0 Å². The van der Waals surface area contributed by atoms with E-state index in [-0.39, 0.29) is 24.0 Å². The number of nitrogens with zero attached hydrogens (tertiary/aromatic N) is 4. The molecule has 1 aliphatic heterocycles. The van der Waals surface area contributed by atoms with Crippen molar-refractivity contribution in [2.75, 3.05) is 34.4 Å². The standard InChI is InChI=1S/C24H29N5O2.HI/c1-25-24(26-11-9-18-15-27-29(16-18)21-7-5-4-6-8-21)28-12-10-19-13-22(30-2)23(31-3)14-20(19)17-28;/h4-8,13-16H,9-12,17H2,1-3H3,(H,25,26);1H. The van der Waals surface area contributed by atoms with E-state index in [1.54, 1.807) is 14.2 Å². The van der Waals surface area contributed by atoms with E-state index in [9.17, 15) is 0 Å². The van der Waals surface area contributed by atoms with Gasteiger partial charge in [-0.25, -0.2) is 4.68 Å². The summed E-state index contributed by atoms with van der Waals surface area (Å²) in [6.07, 6.45) is 5.83. The molecule has 7 nitrogen and oxygen atoms in total. The molecule has 3 aromatic rings. The van der Waals surface area contributed by atoms with Gasteiger partial charge in [-0.05, 0) is 53.8 Å². The molecule has 0 unspecified atom stereocenters. The number of halogens is 1. The van der Waals surface area contributed by atoms with Crippen molar-refractivity contribution in [3.8, 4) is 17.2 Å². The van der Waals surface area contributed by atoms with Gasteiger partial charge >= 0.3 is 0 Å². The SMILES string of the molecule is CN=C(NCCc1cnn(-c2ccccc2)c1)N1CCc2cc(OC)c(OC)cc2C1.I. The summed E-state index contributed by atoms with van der Waals surface area (Å²) in [5.41, 5.74) is 4.80. The lowest BCUT2D eigenvalue weighted by Crippen LogP contribution is -2.44. The molecule has 8 heteroatoms. The Balaban J connectivity index is 0.00000289. The molecule has 0 atom stereocenters. The largest absolute Gasteiger partial charge is 0.493 e. The minimum atomic E-state index is 0. The molecule has 0 bridgehead atoms. The Bertz CT molecular complexity index is 1050. The average Bonchev–Trinajstić information content (AvgIpc) is 3.30. The van der Waals surface area contributed by atoms with Gasteiger partial charge in [-0.15, -0.1) is 24.0 Å². The van der Waals surface area contributed by atoms with Crippen LogP contribution in [0.5, 0.6) is 11.5 Å². The van der Waals surface area contributed by atoms with E-state index in [1.165, 1.54) is 16.7 Å². The lowest BCUT2D eigenvalue weighted by molar-refractivity contribution is 0.346. The molecule has 0 saturated heterocycles. The van der Waals surface area contributed by atoms with Crippen molar-refractivity contribution < 1.29 is 9.47 Å². The molecule has 2 aromatic carbocycles. The van der Waals surface area contributed by atoms with Gasteiger partial charge in [0.2, 0.25) is 0 Å². The van der Waals surface area contributed by atoms with Crippen molar-refractivity contribution in [3.63, 3.8) is 0 Å². The fraction of sp³-hybridized carbons (Fsp3) is 0.333. The summed E-state index contributed by atoms with van der Waals surface area (Å²) in [4.78, 5) is 6.78. The summed E-state index contributed by atoms with van der Waals surface area (Å²) in [5.74, 6) is 2.46. The zero-order chi connectivity index (χ0) is 21.6. The van der Waals surface area contributed by atoms with E-state index in [0.717, 1.165) is 55.6 Å². The van der Waals surface area contributed by atoms with E-state index < -0.39 is 0 Å². The number of nitrogens with one attached hydrogen (secondary N) is 1. The van der Waals surface area contributed by atoms with Crippen molar-refractivity contribution in [1.82, 2.24) is 20.0 Å². The van der Waals surface area contributed by atoms with Crippen LogP contribution in [0.15, 0.2) is 59.9 Å². The topological polar surface area (TPSA) is 63.9 Å². The predicted octanol–water partition coefficient (Wildman–Crippen LogP) is 3.68. The molecular weight excluding hydrogens is 517 g/mol. The van der Waals surface area contributed by atoms with Crippen molar-refractivity contribution in [1.29, 1.82) is 0 Å². The molecule has 170 valence electrons. The second-order valence-electron chi connectivity index (χ2n) is 7.50. The third kappa shape index (κ3) is 5.35. The number of benzene rings is 2. The molecular formula is C24H30IN5O2. The first kappa shape index (κ1) is 23.9. The minimum Gasteiger partial charge on any atom is -0.493 e. The summed E-state index contributed by atoms with van der Waals surface area (Å²) in [6, 6.07) is 14.3. The van der Waals surface area contributed by atoms with Crippen molar-refractivity contribution in [2.24, 2.45) is 4.99 Å². The van der Waals surface area contributed by atoms with E-state index in [0.29, 0.717) is 0 Å². The number of methoxy groups -OCH3 is 2. The molecule has 0 aliphatic carbocycles. The third-order valence-electron chi connectivity index (χ3n) is 5.58. The third-order valence-corrected chi connectivity index (χ3v) is 5.58.